The number of rotatable bonds is 6. The van der Waals surface area contributed by atoms with Gasteiger partial charge in [-0.2, -0.15) is 5.10 Å². The van der Waals surface area contributed by atoms with Crippen LogP contribution in [-0.2, 0) is 4.74 Å². The van der Waals surface area contributed by atoms with E-state index in [2.05, 4.69) is 48.5 Å². The molecule has 116 valence electrons. The van der Waals surface area contributed by atoms with Crippen molar-refractivity contribution in [3.8, 4) is 0 Å². The third-order valence-corrected chi connectivity index (χ3v) is 4.03. The molecule has 0 spiro atoms. The SMILES string of the molecule is CCN=C1NC=CC(c2cnn(C(C)CCOC)c2)C1C. The van der Waals surface area contributed by atoms with Gasteiger partial charge in [0, 0.05) is 38.3 Å². The lowest BCUT2D eigenvalue weighted by Gasteiger charge is -2.26. The lowest BCUT2D eigenvalue weighted by Crippen LogP contribution is -2.33. The third kappa shape index (κ3) is 3.73. The minimum Gasteiger partial charge on any atom is -0.385 e. The number of amidine groups is 1. The van der Waals surface area contributed by atoms with Gasteiger partial charge in [-0.1, -0.05) is 13.0 Å². The molecule has 0 aliphatic carbocycles. The molecular weight excluding hydrogens is 264 g/mol. The van der Waals surface area contributed by atoms with Crippen LogP contribution in [0.1, 0.15) is 44.7 Å². The Bertz CT molecular complexity index is 506. The second-order valence-corrected chi connectivity index (χ2v) is 5.56. The summed E-state index contributed by atoms with van der Waals surface area (Å²) in [4.78, 5) is 4.53. The topological polar surface area (TPSA) is 51.4 Å². The van der Waals surface area contributed by atoms with E-state index in [1.165, 1.54) is 5.56 Å². The predicted octanol–water partition coefficient (Wildman–Crippen LogP) is 2.74. The van der Waals surface area contributed by atoms with E-state index in [1.807, 2.05) is 17.1 Å². The molecule has 5 nitrogen and oxygen atoms in total. The van der Waals surface area contributed by atoms with Gasteiger partial charge in [0.25, 0.3) is 0 Å². The summed E-state index contributed by atoms with van der Waals surface area (Å²) in [6, 6.07) is 0.350. The molecule has 1 aromatic heterocycles. The quantitative estimate of drug-likeness (QED) is 0.876. The number of nitrogens with zero attached hydrogens (tertiary/aromatic N) is 3. The Hall–Kier alpha value is -1.62. The Balaban J connectivity index is 2.12. The van der Waals surface area contributed by atoms with Crippen molar-refractivity contribution in [1.82, 2.24) is 15.1 Å². The van der Waals surface area contributed by atoms with Crippen molar-refractivity contribution in [2.24, 2.45) is 10.9 Å². The first kappa shape index (κ1) is 15.8. The maximum Gasteiger partial charge on any atom is 0.104 e. The molecule has 0 aromatic carbocycles. The van der Waals surface area contributed by atoms with Crippen LogP contribution in [-0.4, -0.2) is 35.9 Å². The molecule has 2 heterocycles. The number of allylic oxidation sites excluding steroid dienone is 1. The smallest absolute Gasteiger partial charge is 0.104 e. The number of aliphatic imine (C=N–C) groups is 1. The van der Waals surface area contributed by atoms with Gasteiger partial charge in [-0.3, -0.25) is 9.67 Å². The molecular formula is C16H26N4O. The maximum absolute atomic E-state index is 5.14. The summed E-state index contributed by atoms with van der Waals surface area (Å²) in [6.07, 6.45) is 9.29. The van der Waals surface area contributed by atoms with Crippen LogP contribution in [0.4, 0.5) is 0 Å². The number of aromatic nitrogens is 2. The van der Waals surface area contributed by atoms with Crippen molar-refractivity contribution >= 4 is 5.84 Å². The van der Waals surface area contributed by atoms with Crippen LogP contribution in [0.15, 0.2) is 29.7 Å². The summed E-state index contributed by atoms with van der Waals surface area (Å²) in [7, 11) is 1.73. The summed E-state index contributed by atoms with van der Waals surface area (Å²) in [5, 5.41) is 7.77. The van der Waals surface area contributed by atoms with E-state index < -0.39 is 0 Å². The van der Waals surface area contributed by atoms with Crippen molar-refractivity contribution in [2.45, 2.75) is 39.2 Å². The average molecular weight is 290 g/mol. The molecule has 1 aliphatic rings. The van der Waals surface area contributed by atoms with E-state index in [1.54, 1.807) is 7.11 Å². The summed E-state index contributed by atoms with van der Waals surface area (Å²) in [5.74, 6) is 1.74. The fourth-order valence-corrected chi connectivity index (χ4v) is 2.65. The van der Waals surface area contributed by atoms with Gasteiger partial charge in [-0.25, -0.2) is 0 Å². The molecule has 1 N–H and O–H groups in total. The lowest BCUT2D eigenvalue weighted by molar-refractivity contribution is 0.178. The van der Waals surface area contributed by atoms with E-state index in [9.17, 15) is 0 Å². The van der Waals surface area contributed by atoms with Crippen LogP contribution in [0.3, 0.4) is 0 Å². The van der Waals surface area contributed by atoms with Crippen molar-refractivity contribution in [1.29, 1.82) is 0 Å². The molecule has 2 rings (SSSR count). The molecule has 0 bridgehead atoms. The van der Waals surface area contributed by atoms with E-state index in [4.69, 9.17) is 4.74 Å². The van der Waals surface area contributed by atoms with E-state index in [0.29, 0.717) is 17.9 Å². The number of hydrogen-bond acceptors (Lipinski definition) is 3. The van der Waals surface area contributed by atoms with E-state index in [0.717, 1.165) is 25.4 Å². The van der Waals surface area contributed by atoms with Gasteiger partial charge in [-0.15, -0.1) is 0 Å². The molecule has 0 radical (unpaired) electrons. The fourth-order valence-electron chi connectivity index (χ4n) is 2.65. The minimum atomic E-state index is 0.333. The molecule has 3 atom stereocenters. The zero-order valence-corrected chi connectivity index (χ0v) is 13.4. The van der Waals surface area contributed by atoms with E-state index in [-0.39, 0.29) is 0 Å². The van der Waals surface area contributed by atoms with Crippen molar-refractivity contribution in [3.05, 3.63) is 30.2 Å². The van der Waals surface area contributed by atoms with Gasteiger partial charge in [0.05, 0.1) is 12.2 Å². The zero-order valence-electron chi connectivity index (χ0n) is 13.4. The summed E-state index contributed by atoms with van der Waals surface area (Å²) in [5.41, 5.74) is 1.24. The summed E-state index contributed by atoms with van der Waals surface area (Å²) >= 11 is 0. The molecule has 1 aliphatic heterocycles. The highest BCUT2D eigenvalue weighted by Gasteiger charge is 2.25. The molecule has 21 heavy (non-hydrogen) atoms. The number of hydrogen-bond donors (Lipinski definition) is 1. The number of nitrogens with one attached hydrogen (secondary N) is 1. The maximum atomic E-state index is 5.14. The van der Waals surface area contributed by atoms with Gasteiger partial charge < -0.3 is 10.1 Å². The predicted molar refractivity (Wildman–Crippen MR) is 85.6 cm³/mol. The van der Waals surface area contributed by atoms with Gasteiger partial charge in [-0.05, 0) is 32.0 Å². The van der Waals surface area contributed by atoms with Gasteiger partial charge in [0.2, 0.25) is 0 Å². The standard InChI is InChI=1S/C16H26N4O/c1-5-17-16-13(3)15(6-8-18-16)14-10-19-20(11-14)12(2)7-9-21-4/h6,8,10-13,15H,5,7,9H2,1-4H3,(H,17,18). The Labute approximate surface area is 127 Å². The zero-order chi connectivity index (χ0) is 15.2. The van der Waals surface area contributed by atoms with Gasteiger partial charge in [0.15, 0.2) is 0 Å². The first-order valence-electron chi connectivity index (χ1n) is 7.67. The van der Waals surface area contributed by atoms with Gasteiger partial charge in [0.1, 0.15) is 5.84 Å². The van der Waals surface area contributed by atoms with Crippen molar-refractivity contribution in [3.63, 3.8) is 0 Å². The molecule has 0 amide bonds. The normalized spacial score (nSPS) is 25.0. The van der Waals surface area contributed by atoms with Crippen LogP contribution in [0, 0.1) is 5.92 Å². The molecule has 0 fully saturated rings. The van der Waals surface area contributed by atoms with E-state index >= 15 is 0 Å². The molecule has 0 saturated heterocycles. The highest BCUT2D eigenvalue weighted by molar-refractivity contribution is 5.87. The lowest BCUT2D eigenvalue weighted by atomic mass is 9.86. The summed E-state index contributed by atoms with van der Waals surface area (Å²) in [6.45, 7) is 8.00. The average Bonchev–Trinajstić information content (AvgIpc) is 2.97. The molecule has 3 unspecified atom stereocenters. The monoisotopic (exact) mass is 290 g/mol. The van der Waals surface area contributed by atoms with Crippen LogP contribution < -0.4 is 5.32 Å². The highest BCUT2D eigenvalue weighted by Crippen LogP contribution is 2.29. The molecule has 0 saturated carbocycles. The molecule has 1 aromatic rings. The Kier molecular flexibility index (Phi) is 5.56. The molecule has 5 heteroatoms. The Morgan fingerprint density at radius 2 is 2.33 bits per heavy atom. The number of ether oxygens (including phenoxy) is 1. The van der Waals surface area contributed by atoms with Crippen LogP contribution in [0.2, 0.25) is 0 Å². The third-order valence-electron chi connectivity index (χ3n) is 4.03. The second-order valence-electron chi connectivity index (χ2n) is 5.56. The van der Waals surface area contributed by atoms with Crippen molar-refractivity contribution in [2.75, 3.05) is 20.3 Å². The van der Waals surface area contributed by atoms with Crippen LogP contribution >= 0.6 is 0 Å². The highest BCUT2D eigenvalue weighted by atomic mass is 16.5. The fraction of sp³-hybridized carbons (Fsp3) is 0.625. The van der Waals surface area contributed by atoms with Crippen molar-refractivity contribution < 1.29 is 4.74 Å². The second kappa shape index (κ2) is 7.41. The summed E-state index contributed by atoms with van der Waals surface area (Å²) < 4.78 is 7.17. The number of methoxy groups -OCH3 is 1. The van der Waals surface area contributed by atoms with Gasteiger partial charge >= 0.3 is 0 Å². The Morgan fingerprint density at radius 1 is 1.52 bits per heavy atom. The van der Waals surface area contributed by atoms with Crippen LogP contribution in [0.5, 0.6) is 0 Å². The first-order valence-corrected chi connectivity index (χ1v) is 7.67. The largest absolute Gasteiger partial charge is 0.385 e. The van der Waals surface area contributed by atoms with Crippen LogP contribution in [0.25, 0.3) is 0 Å². The minimum absolute atomic E-state index is 0.333. The Morgan fingerprint density at radius 3 is 3.05 bits per heavy atom. The first-order chi connectivity index (χ1) is 10.2.